The third-order valence-corrected chi connectivity index (χ3v) is 4.81. The van der Waals surface area contributed by atoms with E-state index >= 15 is 0 Å². The van der Waals surface area contributed by atoms with Gasteiger partial charge >= 0.3 is 12.1 Å². The molecule has 3 aromatic heterocycles. The number of aromatic nitrogens is 3. The lowest BCUT2D eigenvalue weighted by Gasteiger charge is -2.34. The van der Waals surface area contributed by atoms with E-state index in [1.807, 2.05) is 0 Å². The molecule has 182 valence electrons. The second-order valence-electron chi connectivity index (χ2n) is 8.99. The van der Waals surface area contributed by atoms with Gasteiger partial charge in [0.1, 0.15) is 36.2 Å². The molecule has 1 atom stereocenters. The number of ether oxygens (including phenoxy) is 3. The van der Waals surface area contributed by atoms with Crippen LogP contribution in [0.2, 0.25) is 0 Å². The summed E-state index contributed by atoms with van der Waals surface area (Å²) in [6.45, 7) is 11.0. The molecule has 0 unspecified atom stereocenters. The van der Waals surface area contributed by atoms with Gasteiger partial charge in [0.05, 0.1) is 13.2 Å². The van der Waals surface area contributed by atoms with Gasteiger partial charge in [-0.3, -0.25) is 4.90 Å². The Morgan fingerprint density at radius 2 is 1.71 bits per heavy atom. The Labute approximate surface area is 195 Å². The van der Waals surface area contributed by atoms with Crippen LogP contribution in [-0.2, 0) is 14.2 Å². The number of oxazole rings is 3. The zero-order chi connectivity index (χ0) is 24.7. The molecule has 1 aliphatic heterocycles. The van der Waals surface area contributed by atoms with Crippen LogP contribution < -0.4 is 0 Å². The molecule has 34 heavy (non-hydrogen) atoms. The van der Waals surface area contributed by atoms with Crippen molar-refractivity contribution in [2.75, 3.05) is 13.2 Å². The van der Waals surface area contributed by atoms with E-state index in [1.54, 1.807) is 41.5 Å². The monoisotopic (exact) mass is 474 g/mol. The summed E-state index contributed by atoms with van der Waals surface area (Å²) in [7, 11) is 0. The number of esters is 1. The molecule has 3 aromatic rings. The van der Waals surface area contributed by atoms with Crippen LogP contribution in [0, 0.1) is 0 Å². The van der Waals surface area contributed by atoms with Crippen LogP contribution in [0.4, 0.5) is 4.79 Å². The maximum atomic E-state index is 12.9. The van der Waals surface area contributed by atoms with Crippen molar-refractivity contribution < 1.29 is 37.1 Å². The molecule has 1 aliphatic rings. The molecule has 1 saturated heterocycles. The molecule has 1 fully saturated rings. The summed E-state index contributed by atoms with van der Waals surface area (Å²) in [6.07, 6.45) is 3.32. The van der Waals surface area contributed by atoms with Crippen molar-refractivity contribution in [3.8, 4) is 23.2 Å². The maximum Gasteiger partial charge on any atom is 0.413 e. The van der Waals surface area contributed by atoms with Crippen molar-refractivity contribution in [3.05, 3.63) is 30.4 Å². The molecule has 12 heteroatoms. The Morgan fingerprint density at radius 1 is 1.06 bits per heavy atom. The first-order valence-electron chi connectivity index (χ1n) is 10.7. The van der Waals surface area contributed by atoms with Crippen molar-refractivity contribution in [1.29, 1.82) is 0 Å². The fourth-order valence-electron chi connectivity index (χ4n) is 3.36. The molecule has 0 saturated carbocycles. The number of carbonyl (C=O) groups excluding carboxylic acids is 2. The molecule has 0 bridgehead atoms. The normalized spacial score (nSPS) is 17.7. The van der Waals surface area contributed by atoms with Crippen molar-refractivity contribution in [2.45, 2.75) is 58.9 Å². The van der Waals surface area contributed by atoms with Crippen LogP contribution in [0.3, 0.4) is 0 Å². The topological polar surface area (TPSA) is 143 Å². The summed E-state index contributed by atoms with van der Waals surface area (Å²) in [4.78, 5) is 38.9. The SMILES string of the molecule is CCOC(=O)c1coc(-c2coc(-c3coc([C@@H]4COC(C)(C)N4C(=O)OC(C)(C)C)n3)n2)n1. The fraction of sp³-hybridized carbons (Fsp3) is 0.500. The summed E-state index contributed by atoms with van der Waals surface area (Å²) in [6, 6.07) is -0.605. The van der Waals surface area contributed by atoms with E-state index in [2.05, 4.69) is 15.0 Å². The van der Waals surface area contributed by atoms with Gasteiger partial charge in [-0.2, -0.15) is 0 Å². The van der Waals surface area contributed by atoms with Gasteiger partial charge in [-0.15, -0.1) is 0 Å². The van der Waals surface area contributed by atoms with E-state index in [9.17, 15) is 9.59 Å². The average molecular weight is 474 g/mol. The summed E-state index contributed by atoms with van der Waals surface area (Å²) >= 11 is 0. The standard InChI is InChI=1S/C22H26N4O8/c1-7-29-19(27)14-10-31-17(25-14)12-8-30-16(23-12)13-9-32-18(24-13)15-11-33-22(5,6)26(15)20(28)34-21(2,3)4/h8-10,15H,7,11H2,1-6H3/t15-/m0/s1. The Morgan fingerprint density at radius 3 is 2.41 bits per heavy atom. The highest BCUT2D eigenvalue weighted by Crippen LogP contribution is 2.38. The number of hydrogen-bond acceptors (Lipinski definition) is 11. The third kappa shape index (κ3) is 4.67. The lowest BCUT2D eigenvalue weighted by molar-refractivity contribution is -0.0634. The molecule has 0 aliphatic carbocycles. The lowest BCUT2D eigenvalue weighted by Crippen LogP contribution is -2.47. The summed E-state index contributed by atoms with van der Waals surface area (Å²) in [5, 5.41) is 0. The van der Waals surface area contributed by atoms with Crippen LogP contribution in [0.25, 0.3) is 23.2 Å². The minimum atomic E-state index is -0.917. The van der Waals surface area contributed by atoms with Crippen LogP contribution >= 0.6 is 0 Å². The molecule has 12 nitrogen and oxygen atoms in total. The number of nitrogens with zero attached hydrogens (tertiary/aromatic N) is 4. The minimum Gasteiger partial charge on any atom is -0.461 e. The van der Waals surface area contributed by atoms with Crippen LogP contribution in [-0.4, -0.2) is 56.5 Å². The van der Waals surface area contributed by atoms with Gasteiger partial charge in [0.25, 0.3) is 0 Å². The molecule has 0 aromatic carbocycles. The predicted octanol–water partition coefficient (Wildman–Crippen LogP) is 4.21. The van der Waals surface area contributed by atoms with Gasteiger partial charge in [0.2, 0.25) is 17.7 Å². The first kappa shape index (κ1) is 23.5. The quantitative estimate of drug-likeness (QED) is 0.491. The van der Waals surface area contributed by atoms with Gasteiger partial charge in [0.15, 0.2) is 17.1 Å². The highest BCUT2D eigenvalue weighted by atomic mass is 16.6. The molecule has 1 amide bonds. The van der Waals surface area contributed by atoms with Crippen molar-refractivity contribution in [1.82, 2.24) is 19.9 Å². The first-order valence-corrected chi connectivity index (χ1v) is 10.7. The van der Waals surface area contributed by atoms with Crippen LogP contribution in [0.15, 0.2) is 32.0 Å². The van der Waals surface area contributed by atoms with Crippen LogP contribution in [0.1, 0.15) is 64.0 Å². The van der Waals surface area contributed by atoms with E-state index in [1.165, 1.54) is 23.7 Å². The molecule has 0 N–H and O–H groups in total. The zero-order valence-electron chi connectivity index (χ0n) is 19.8. The van der Waals surface area contributed by atoms with Crippen molar-refractivity contribution in [3.63, 3.8) is 0 Å². The first-order chi connectivity index (χ1) is 16.0. The minimum absolute atomic E-state index is 0.0243. The molecular weight excluding hydrogens is 448 g/mol. The number of carbonyl (C=O) groups is 2. The molecular formula is C22H26N4O8. The lowest BCUT2D eigenvalue weighted by atomic mass is 10.2. The van der Waals surface area contributed by atoms with E-state index < -0.39 is 29.4 Å². The average Bonchev–Trinajstić information content (AvgIpc) is 3.51. The van der Waals surface area contributed by atoms with E-state index in [-0.39, 0.29) is 42.3 Å². The van der Waals surface area contributed by atoms with Crippen molar-refractivity contribution >= 4 is 12.1 Å². The Kier molecular flexibility index (Phi) is 5.94. The summed E-state index contributed by atoms with van der Waals surface area (Å²) in [5.41, 5.74) is -1.01. The highest BCUT2D eigenvalue weighted by molar-refractivity contribution is 5.87. The van der Waals surface area contributed by atoms with Crippen molar-refractivity contribution in [2.24, 2.45) is 0 Å². The highest BCUT2D eigenvalue weighted by Gasteiger charge is 2.48. The second kappa shape index (κ2) is 8.60. The van der Waals surface area contributed by atoms with Gasteiger partial charge in [-0.25, -0.2) is 24.5 Å². The Balaban J connectivity index is 1.54. The number of amides is 1. The molecule has 0 radical (unpaired) electrons. The smallest absolute Gasteiger partial charge is 0.413 e. The maximum absolute atomic E-state index is 12.9. The number of hydrogen-bond donors (Lipinski definition) is 0. The van der Waals surface area contributed by atoms with E-state index in [0.717, 1.165) is 0 Å². The summed E-state index contributed by atoms with van der Waals surface area (Å²) < 4.78 is 32.7. The van der Waals surface area contributed by atoms with Gasteiger partial charge < -0.3 is 27.5 Å². The van der Waals surface area contributed by atoms with Gasteiger partial charge in [0, 0.05) is 0 Å². The largest absolute Gasteiger partial charge is 0.461 e. The molecule has 4 heterocycles. The van der Waals surface area contributed by atoms with Gasteiger partial charge in [-0.1, -0.05) is 0 Å². The third-order valence-electron chi connectivity index (χ3n) is 4.81. The summed E-state index contributed by atoms with van der Waals surface area (Å²) in [5.74, 6) is -0.128. The predicted molar refractivity (Wildman–Crippen MR) is 114 cm³/mol. The van der Waals surface area contributed by atoms with Crippen LogP contribution in [0.5, 0.6) is 0 Å². The zero-order valence-corrected chi connectivity index (χ0v) is 19.8. The van der Waals surface area contributed by atoms with Gasteiger partial charge in [-0.05, 0) is 41.5 Å². The fourth-order valence-corrected chi connectivity index (χ4v) is 3.36. The molecule has 4 rings (SSSR count). The van der Waals surface area contributed by atoms with E-state index in [0.29, 0.717) is 5.69 Å². The molecule has 0 spiro atoms. The second-order valence-corrected chi connectivity index (χ2v) is 8.99. The Hall–Kier alpha value is -3.67. The number of rotatable bonds is 5. The van der Waals surface area contributed by atoms with E-state index in [4.69, 9.17) is 27.5 Å². The Bertz CT molecular complexity index is 1190.